The molecule has 0 bridgehead atoms. The summed E-state index contributed by atoms with van der Waals surface area (Å²) in [4.78, 5) is 39.7. The summed E-state index contributed by atoms with van der Waals surface area (Å²) >= 11 is 0. The fourth-order valence-electron chi connectivity index (χ4n) is 8.42. The number of hydrogen-bond acceptors (Lipinski definition) is 10. The van der Waals surface area contributed by atoms with Crippen molar-refractivity contribution in [1.29, 1.82) is 0 Å². The molecular formula is C27H42N2O8. The second-order valence-corrected chi connectivity index (χ2v) is 12.6. The Hall–Kier alpha value is -1.27. The summed E-state index contributed by atoms with van der Waals surface area (Å²) in [6.07, 6.45) is -0.573. The summed E-state index contributed by atoms with van der Waals surface area (Å²) < 4.78 is 6.42. The average Bonchev–Trinajstić information content (AvgIpc) is 3.28. The Balaban J connectivity index is 1.38. The lowest BCUT2D eigenvalue weighted by Crippen LogP contribution is -2.71. The maximum Gasteiger partial charge on any atom is 0.181 e. The molecule has 0 amide bonds. The number of rotatable bonds is 5. The highest BCUT2D eigenvalue weighted by atomic mass is 16.5. The number of Topliss-reactive ketones (excluding diaryl/α,β-unsaturated/α-hetero) is 3. The summed E-state index contributed by atoms with van der Waals surface area (Å²) in [5.74, 6) is -6.38. The van der Waals surface area contributed by atoms with Gasteiger partial charge in [-0.15, -0.1) is 0 Å². The molecule has 0 aromatic heterocycles. The van der Waals surface area contributed by atoms with E-state index in [1.54, 1.807) is 0 Å². The Kier molecular flexibility index (Phi) is 7.41. The molecule has 10 nitrogen and oxygen atoms in total. The van der Waals surface area contributed by atoms with Crippen molar-refractivity contribution in [3.8, 4) is 0 Å². The van der Waals surface area contributed by atoms with Crippen molar-refractivity contribution in [3.05, 3.63) is 0 Å². The normalized spacial score (nSPS) is 49.0. The lowest BCUT2D eigenvalue weighted by atomic mass is 9.48. The van der Waals surface area contributed by atoms with Crippen LogP contribution < -0.4 is 11.1 Å². The van der Waals surface area contributed by atoms with E-state index in [0.717, 1.165) is 25.8 Å². The van der Waals surface area contributed by atoms with Crippen LogP contribution in [0.5, 0.6) is 0 Å². The van der Waals surface area contributed by atoms with E-state index >= 15 is 0 Å². The first-order chi connectivity index (χ1) is 17.4. The highest BCUT2D eigenvalue weighted by Crippen LogP contribution is 2.56. The molecule has 1 aliphatic heterocycles. The average molecular weight is 523 g/mol. The molecule has 0 aromatic carbocycles. The molecule has 0 radical (unpaired) electrons. The van der Waals surface area contributed by atoms with Gasteiger partial charge in [-0.05, 0) is 56.3 Å². The largest absolute Gasteiger partial charge is 0.392 e. The third-order valence-electron chi connectivity index (χ3n) is 10.1. The van der Waals surface area contributed by atoms with Crippen molar-refractivity contribution in [1.82, 2.24) is 5.32 Å². The van der Waals surface area contributed by atoms with Gasteiger partial charge in [0.05, 0.1) is 24.2 Å². The highest BCUT2D eigenvalue weighted by molar-refractivity contribution is 6.10. The first kappa shape index (κ1) is 27.3. The van der Waals surface area contributed by atoms with E-state index in [-0.39, 0.29) is 48.6 Å². The number of fused-ring (bicyclic) bond motifs is 3. The van der Waals surface area contributed by atoms with Crippen LogP contribution in [0.1, 0.15) is 58.8 Å². The van der Waals surface area contributed by atoms with E-state index in [0.29, 0.717) is 18.9 Å². The highest BCUT2D eigenvalue weighted by Gasteiger charge is 2.67. The Labute approximate surface area is 217 Å². The third kappa shape index (κ3) is 4.42. The van der Waals surface area contributed by atoms with Gasteiger partial charge >= 0.3 is 0 Å². The van der Waals surface area contributed by atoms with Gasteiger partial charge in [0.2, 0.25) is 0 Å². The Morgan fingerprint density at radius 3 is 2.46 bits per heavy atom. The zero-order valence-electron chi connectivity index (χ0n) is 21.7. The number of carbonyl (C=O) groups excluding carboxylic acids is 3. The topological polar surface area (TPSA) is 179 Å². The van der Waals surface area contributed by atoms with Gasteiger partial charge in [0.25, 0.3) is 0 Å². The van der Waals surface area contributed by atoms with Gasteiger partial charge in [-0.1, -0.05) is 13.8 Å². The van der Waals surface area contributed by atoms with Crippen LogP contribution in [0.2, 0.25) is 0 Å². The van der Waals surface area contributed by atoms with Gasteiger partial charge in [-0.25, -0.2) is 0 Å². The molecule has 4 saturated carbocycles. The van der Waals surface area contributed by atoms with Gasteiger partial charge in [0.1, 0.15) is 29.8 Å². The minimum Gasteiger partial charge on any atom is -0.392 e. The molecule has 0 spiro atoms. The van der Waals surface area contributed by atoms with Gasteiger partial charge in [0, 0.05) is 30.8 Å². The number of ether oxygens (including phenoxy) is 1. The van der Waals surface area contributed by atoms with Crippen molar-refractivity contribution < 1.29 is 39.5 Å². The fraction of sp³-hybridized carbons (Fsp3) is 0.889. The van der Waals surface area contributed by atoms with Crippen molar-refractivity contribution in [2.45, 2.75) is 101 Å². The number of nitrogens with two attached hydrogens (primary N) is 1. The first-order valence-corrected chi connectivity index (χ1v) is 14.0. The zero-order chi connectivity index (χ0) is 26.8. The molecule has 208 valence electrons. The summed E-state index contributed by atoms with van der Waals surface area (Å²) in [6.45, 7) is 4.96. The van der Waals surface area contributed by atoms with Crippen molar-refractivity contribution >= 4 is 17.3 Å². The lowest BCUT2D eigenvalue weighted by Gasteiger charge is -2.57. The fourth-order valence-corrected chi connectivity index (χ4v) is 8.42. The smallest absolute Gasteiger partial charge is 0.181 e. The standard InChI is InChI=1S/C27H42N2O8/c1-11(2)29-10-14-3-6-19(37-14)15-4-5-17(30)21-16(15)8-12-7-13-9-18(31)22(26(28)35)25(34)27(13,36)24(33)20(12)23(21)32/h11-17,19-22,24,26,29-30,33,35-36H,3-10,28H2,1-2H3/t12-,13+,14?,15?,16?,17?,19?,20?,21?,22?,24?,26?,27+/m1/s1. The number of aliphatic hydroxyl groups excluding tert-OH is 3. The quantitative estimate of drug-likeness (QED) is 0.199. The van der Waals surface area contributed by atoms with E-state index in [2.05, 4.69) is 19.2 Å². The van der Waals surface area contributed by atoms with Gasteiger partial charge in [-0.2, -0.15) is 0 Å². The SMILES string of the molecule is CC(C)NCC1CCC(C2CCC(O)C3C(=O)C4C(O)[C@]5(O)C(=O)C(C(N)O)C(=O)C[C@@H]5C[C@@H]4CC23)O1. The summed E-state index contributed by atoms with van der Waals surface area (Å²) in [5, 5.41) is 47.0. The van der Waals surface area contributed by atoms with Crippen LogP contribution >= 0.6 is 0 Å². The summed E-state index contributed by atoms with van der Waals surface area (Å²) in [6, 6.07) is 0.364. The summed E-state index contributed by atoms with van der Waals surface area (Å²) in [7, 11) is 0. The molecule has 5 rings (SSSR count). The van der Waals surface area contributed by atoms with Crippen LogP contribution in [0.3, 0.4) is 0 Å². The van der Waals surface area contributed by atoms with E-state index in [9.17, 15) is 34.8 Å². The monoisotopic (exact) mass is 522 g/mol. The van der Waals surface area contributed by atoms with Crippen LogP contribution in [0.4, 0.5) is 0 Å². The number of nitrogens with one attached hydrogen (secondary N) is 1. The molecule has 1 saturated heterocycles. The number of hydrogen-bond donors (Lipinski definition) is 6. The third-order valence-corrected chi connectivity index (χ3v) is 10.1. The molecule has 10 unspecified atom stereocenters. The first-order valence-electron chi connectivity index (χ1n) is 14.0. The molecule has 10 heteroatoms. The lowest BCUT2D eigenvalue weighted by molar-refractivity contribution is -0.212. The predicted molar refractivity (Wildman–Crippen MR) is 131 cm³/mol. The molecule has 13 atom stereocenters. The van der Waals surface area contributed by atoms with E-state index < -0.39 is 59.3 Å². The molecule has 7 N–H and O–H groups in total. The minimum atomic E-state index is -2.33. The second-order valence-electron chi connectivity index (χ2n) is 12.6. The molecule has 1 heterocycles. The van der Waals surface area contributed by atoms with Gasteiger partial charge in [0.15, 0.2) is 11.4 Å². The molecule has 0 aromatic rings. The maximum absolute atomic E-state index is 13.9. The van der Waals surface area contributed by atoms with Crippen LogP contribution in [0.25, 0.3) is 0 Å². The predicted octanol–water partition coefficient (Wildman–Crippen LogP) is -0.712. The molecule has 37 heavy (non-hydrogen) atoms. The molecule has 5 fully saturated rings. The van der Waals surface area contributed by atoms with Crippen molar-refractivity contribution in [2.75, 3.05) is 6.54 Å². The number of ketones is 3. The van der Waals surface area contributed by atoms with Gasteiger partial charge < -0.3 is 36.2 Å². The second kappa shape index (κ2) is 10.0. The molecular weight excluding hydrogens is 480 g/mol. The Morgan fingerprint density at radius 1 is 1.05 bits per heavy atom. The van der Waals surface area contributed by atoms with Crippen LogP contribution in [0, 0.1) is 41.4 Å². The van der Waals surface area contributed by atoms with Crippen molar-refractivity contribution in [3.63, 3.8) is 0 Å². The summed E-state index contributed by atoms with van der Waals surface area (Å²) in [5.41, 5.74) is 3.14. The molecule has 4 aliphatic carbocycles. The van der Waals surface area contributed by atoms with Crippen molar-refractivity contribution in [2.24, 2.45) is 47.2 Å². The molecule has 5 aliphatic rings. The van der Waals surface area contributed by atoms with E-state index in [1.165, 1.54) is 0 Å². The zero-order valence-corrected chi connectivity index (χ0v) is 21.7. The Bertz CT molecular complexity index is 926. The minimum absolute atomic E-state index is 0.00149. The maximum atomic E-state index is 13.9. The van der Waals surface area contributed by atoms with Crippen LogP contribution in [-0.2, 0) is 19.1 Å². The van der Waals surface area contributed by atoms with E-state index in [1.807, 2.05) is 0 Å². The van der Waals surface area contributed by atoms with E-state index in [4.69, 9.17) is 10.5 Å². The number of aliphatic hydroxyl groups is 4. The Morgan fingerprint density at radius 2 is 1.78 bits per heavy atom. The van der Waals surface area contributed by atoms with Crippen LogP contribution in [-0.4, -0.2) is 86.6 Å². The van der Waals surface area contributed by atoms with Crippen LogP contribution in [0.15, 0.2) is 0 Å². The van der Waals surface area contributed by atoms with Gasteiger partial charge in [-0.3, -0.25) is 14.4 Å². The number of carbonyl (C=O) groups is 3.